The zero-order chi connectivity index (χ0) is 39.6. The Balaban J connectivity index is 0.882. The third-order valence-corrected chi connectivity index (χ3v) is 12.3. The summed E-state index contributed by atoms with van der Waals surface area (Å²) in [7, 11) is 0. The molecule has 2 aromatic heterocycles. The number of hydrogen-bond donors (Lipinski definition) is 0. The van der Waals surface area contributed by atoms with Gasteiger partial charge < -0.3 is 9.13 Å². The fourth-order valence-corrected chi connectivity index (χ4v) is 9.33. The fourth-order valence-electron chi connectivity index (χ4n) is 9.33. The van der Waals surface area contributed by atoms with Crippen molar-refractivity contribution in [2.24, 2.45) is 0 Å². The van der Waals surface area contributed by atoms with Crippen LogP contribution in [0.15, 0.2) is 231 Å². The van der Waals surface area contributed by atoms with Crippen molar-refractivity contribution in [1.29, 1.82) is 0 Å². The van der Waals surface area contributed by atoms with Gasteiger partial charge in [-0.15, -0.1) is 0 Å². The molecule has 0 bridgehead atoms. The Hall–Kier alpha value is -7.94. The van der Waals surface area contributed by atoms with Crippen molar-refractivity contribution in [2.45, 2.75) is 0 Å². The summed E-state index contributed by atoms with van der Waals surface area (Å²) in [6, 6.07) is 84.1. The van der Waals surface area contributed by atoms with Crippen LogP contribution in [0.1, 0.15) is 0 Å². The van der Waals surface area contributed by atoms with Gasteiger partial charge in [-0.2, -0.15) is 0 Å². The van der Waals surface area contributed by atoms with Crippen molar-refractivity contribution >= 4 is 54.4 Å². The van der Waals surface area contributed by atoms with E-state index in [0.717, 1.165) is 5.69 Å². The molecule has 2 nitrogen and oxygen atoms in total. The Morgan fingerprint density at radius 1 is 0.200 bits per heavy atom. The van der Waals surface area contributed by atoms with E-state index < -0.39 is 0 Å². The van der Waals surface area contributed by atoms with E-state index in [9.17, 15) is 0 Å². The fraction of sp³-hybridized carbons (Fsp3) is 0. The van der Waals surface area contributed by atoms with E-state index in [2.05, 4.69) is 240 Å². The highest BCUT2D eigenvalue weighted by Crippen LogP contribution is 2.38. The van der Waals surface area contributed by atoms with Gasteiger partial charge in [0.25, 0.3) is 0 Å². The zero-order valence-corrected chi connectivity index (χ0v) is 32.8. The van der Waals surface area contributed by atoms with Crippen molar-refractivity contribution < 1.29 is 0 Å². The van der Waals surface area contributed by atoms with E-state index in [0.29, 0.717) is 0 Å². The van der Waals surface area contributed by atoms with Gasteiger partial charge in [-0.1, -0.05) is 164 Å². The van der Waals surface area contributed by atoms with Crippen molar-refractivity contribution in [2.75, 3.05) is 0 Å². The first-order valence-electron chi connectivity index (χ1n) is 20.7. The first-order chi connectivity index (χ1) is 29.7. The second-order valence-corrected chi connectivity index (χ2v) is 15.8. The van der Waals surface area contributed by atoms with E-state index in [4.69, 9.17) is 0 Å². The Morgan fingerprint density at radius 3 is 1.13 bits per heavy atom. The minimum Gasteiger partial charge on any atom is -0.309 e. The topological polar surface area (TPSA) is 9.86 Å². The summed E-state index contributed by atoms with van der Waals surface area (Å²) in [5.41, 5.74) is 16.9. The molecule has 2 heterocycles. The van der Waals surface area contributed by atoms with Crippen LogP contribution in [0.25, 0.3) is 110 Å². The first-order valence-corrected chi connectivity index (χ1v) is 20.7. The van der Waals surface area contributed by atoms with Crippen molar-refractivity contribution in [1.82, 2.24) is 9.13 Å². The molecule has 0 radical (unpaired) electrons. The van der Waals surface area contributed by atoms with Gasteiger partial charge in [-0.25, -0.2) is 0 Å². The molecular formula is C58H38N2. The van der Waals surface area contributed by atoms with Gasteiger partial charge in [0.05, 0.1) is 22.1 Å². The highest BCUT2D eigenvalue weighted by molar-refractivity contribution is 6.12. The molecule has 2 heteroatoms. The normalized spacial score (nSPS) is 11.7. The lowest BCUT2D eigenvalue weighted by Crippen LogP contribution is -1.94. The molecule has 0 amide bonds. The maximum Gasteiger partial charge on any atom is 0.0541 e. The van der Waals surface area contributed by atoms with Gasteiger partial charge >= 0.3 is 0 Å². The van der Waals surface area contributed by atoms with Crippen LogP contribution in [0.2, 0.25) is 0 Å². The van der Waals surface area contributed by atoms with Crippen molar-refractivity contribution in [3.05, 3.63) is 231 Å². The lowest BCUT2D eigenvalue weighted by molar-refractivity contribution is 1.18. The quantitative estimate of drug-likeness (QED) is 0.160. The maximum atomic E-state index is 2.41. The maximum absolute atomic E-state index is 2.41. The minimum absolute atomic E-state index is 1.16. The average molecular weight is 763 g/mol. The summed E-state index contributed by atoms with van der Waals surface area (Å²) in [6.45, 7) is 0. The molecule has 0 fully saturated rings. The second kappa shape index (κ2) is 13.9. The van der Waals surface area contributed by atoms with Gasteiger partial charge in [0.2, 0.25) is 0 Å². The highest BCUT2D eigenvalue weighted by Gasteiger charge is 2.16. The van der Waals surface area contributed by atoms with Crippen LogP contribution in [0.4, 0.5) is 0 Å². The van der Waals surface area contributed by atoms with Crippen LogP contribution < -0.4 is 0 Å². The number of fused-ring (bicyclic) bond motifs is 7. The molecule has 280 valence electrons. The summed E-state index contributed by atoms with van der Waals surface area (Å²) in [4.78, 5) is 0. The number of benzene rings is 10. The van der Waals surface area contributed by atoms with E-state index in [-0.39, 0.29) is 0 Å². The summed E-state index contributed by atoms with van der Waals surface area (Å²) < 4.78 is 4.80. The second-order valence-electron chi connectivity index (χ2n) is 15.8. The zero-order valence-electron chi connectivity index (χ0n) is 32.8. The molecular weight excluding hydrogens is 725 g/mol. The SMILES string of the molecule is c1ccc(-c2ccc(-n3c4ccccc4c4cc(-c5ccc(-c6ccc7c(c6)c6ccccc6n7-c6ccc7cc(-c8ccccc8)ccc7c6)cc5)ccc43)cc2)cc1. The lowest BCUT2D eigenvalue weighted by Gasteiger charge is -2.11. The van der Waals surface area contributed by atoms with Crippen LogP contribution >= 0.6 is 0 Å². The van der Waals surface area contributed by atoms with E-state index in [1.807, 2.05) is 0 Å². The number of nitrogens with zero attached hydrogens (tertiary/aromatic N) is 2. The summed E-state index contributed by atoms with van der Waals surface area (Å²) in [5, 5.41) is 7.49. The summed E-state index contributed by atoms with van der Waals surface area (Å²) in [5.74, 6) is 0. The molecule has 0 aliphatic carbocycles. The molecule has 60 heavy (non-hydrogen) atoms. The number of rotatable bonds is 6. The molecule has 12 aromatic rings. The van der Waals surface area contributed by atoms with Crippen LogP contribution in [0.5, 0.6) is 0 Å². The van der Waals surface area contributed by atoms with E-state index in [1.165, 1.54) is 105 Å². The van der Waals surface area contributed by atoms with E-state index >= 15 is 0 Å². The smallest absolute Gasteiger partial charge is 0.0541 e. The molecule has 0 saturated heterocycles. The van der Waals surface area contributed by atoms with Crippen LogP contribution in [-0.4, -0.2) is 9.13 Å². The number of para-hydroxylation sites is 2. The molecule has 0 aliphatic rings. The number of aromatic nitrogens is 2. The molecule has 0 N–H and O–H groups in total. The van der Waals surface area contributed by atoms with Crippen LogP contribution in [0.3, 0.4) is 0 Å². The van der Waals surface area contributed by atoms with Crippen molar-refractivity contribution in [3.8, 4) is 55.9 Å². The molecule has 0 saturated carbocycles. The van der Waals surface area contributed by atoms with Gasteiger partial charge in [0.15, 0.2) is 0 Å². The molecule has 10 aromatic carbocycles. The standard InChI is InChI=1S/C58H38N2/c1-3-11-39(12-4-1)41-25-30-49(31-26-41)59-55-17-9-7-15-51(55)53-37-47(28-33-57(53)59)42-19-21-43(22-20-42)48-29-34-58-54(38-48)52-16-8-10-18-56(52)60(58)50-32-27-45-35-44(23-24-46(45)36-50)40-13-5-2-6-14-40/h1-38H. The van der Waals surface area contributed by atoms with Gasteiger partial charge in [0.1, 0.15) is 0 Å². The predicted molar refractivity (Wildman–Crippen MR) is 254 cm³/mol. The van der Waals surface area contributed by atoms with Crippen molar-refractivity contribution in [3.63, 3.8) is 0 Å². The van der Waals surface area contributed by atoms with Gasteiger partial charge in [0, 0.05) is 32.9 Å². The third kappa shape index (κ3) is 5.65. The molecule has 12 rings (SSSR count). The highest BCUT2D eigenvalue weighted by atomic mass is 15.0. The molecule has 0 spiro atoms. The molecule has 0 aliphatic heterocycles. The van der Waals surface area contributed by atoms with Crippen LogP contribution in [-0.2, 0) is 0 Å². The monoisotopic (exact) mass is 762 g/mol. The number of hydrogen-bond acceptors (Lipinski definition) is 0. The lowest BCUT2D eigenvalue weighted by atomic mass is 9.98. The Morgan fingerprint density at radius 2 is 0.550 bits per heavy atom. The Labute approximate surface area is 348 Å². The van der Waals surface area contributed by atoms with Crippen LogP contribution in [0, 0.1) is 0 Å². The molecule has 0 atom stereocenters. The predicted octanol–water partition coefficient (Wildman–Crippen LogP) is 15.7. The third-order valence-electron chi connectivity index (χ3n) is 12.3. The summed E-state index contributed by atoms with van der Waals surface area (Å²) >= 11 is 0. The average Bonchev–Trinajstić information content (AvgIpc) is 3.84. The van der Waals surface area contributed by atoms with Gasteiger partial charge in [-0.3, -0.25) is 0 Å². The molecule has 0 unspecified atom stereocenters. The largest absolute Gasteiger partial charge is 0.309 e. The minimum atomic E-state index is 1.16. The first kappa shape index (κ1) is 34.1. The Bertz CT molecular complexity index is 3550. The van der Waals surface area contributed by atoms with E-state index in [1.54, 1.807) is 0 Å². The van der Waals surface area contributed by atoms with Gasteiger partial charge in [-0.05, 0) is 122 Å². The summed E-state index contributed by atoms with van der Waals surface area (Å²) in [6.07, 6.45) is 0. The Kier molecular flexibility index (Phi) is 7.89.